The molecule has 0 aliphatic carbocycles. The fourth-order valence-electron chi connectivity index (χ4n) is 3.03. The van der Waals surface area contributed by atoms with Gasteiger partial charge in [-0.2, -0.15) is 0 Å². The molecule has 0 spiro atoms. The van der Waals surface area contributed by atoms with Crippen LogP contribution in [0.4, 0.5) is 5.69 Å². The van der Waals surface area contributed by atoms with Crippen molar-refractivity contribution in [1.29, 1.82) is 0 Å². The summed E-state index contributed by atoms with van der Waals surface area (Å²) < 4.78 is 0. The maximum atomic E-state index is 13.0. The quantitative estimate of drug-likeness (QED) is 0.809. The van der Waals surface area contributed by atoms with E-state index in [0.29, 0.717) is 0 Å². The van der Waals surface area contributed by atoms with Gasteiger partial charge in [0, 0.05) is 12.2 Å². The van der Waals surface area contributed by atoms with E-state index >= 15 is 0 Å². The molecular formula is C18H19NO. The van der Waals surface area contributed by atoms with Crippen LogP contribution in [-0.2, 0) is 10.2 Å². The lowest BCUT2D eigenvalue weighted by molar-refractivity contribution is -0.125. The Bertz CT molecular complexity index is 593. The van der Waals surface area contributed by atoms with E-state index < -0.39 is 5.41 Å². The second-order valence-electron chi connectivity index (χ2n) is 5.59. The smallest absolute Gasteiger partial charge is 0.237 e. The third-order valence-electron chi connectivity index (χ3n) is 4.25. The van der Waals surface area contributed by atoms with E-state index in [-0.39, 0.29) is 5.91 Å². The highest BCUT2D eigenvalue weighted by molar-refractivity contribution is 6.01. The summed E-state index contributed by atoms with van der Waals surface area (Å²) in [5.41, 5.74) is 1.71. The van der Waals surface area contributed by atoms with Crippen LogP contribution >= 0.6 is 0 Å². The molecular weight excluding hydrogens is 246 g/mol. The molecule has 20 heavy (non-hydrogen) atoms. The first kappa shape index (κ1) is 12.9. The van der Waals surface area contributed by atoms with Crippen molar-refractivity contribution in [2.24, 2.45) is 0 Å². The summed E-state index contributed by atoms with van der Waals surface area (Å²) in [5, 5.41) is 0. The summed E-state index contributed by atoms with van der Waals surface area (Å²) in [4.78, 5) is 14.9. The Kier molecular flexibility index (Phi) is 3.31. The molecule has 1 atom stereocenters. The van der Waals surface area contributed by atoms with Crippen LogP contribution in [0.15, 0.2) is 60.7 Å². The summed E-state index contributed by atoms with van der Waals surface area (Å²) in [6.07, 6.45) is 1.95. The topological polar surface area (TPSA) is 20.3 Å². The zero-order valence-electron chi connectivity index (χ0n) is 11.8. The van der Waals surface area contributed by atoms with E-state index in [9.17, 15) is 4.79 Å². The van der Waals surface area contributed by atoms with Gasteiger partial charge in [0.15, 0.2) is 0 Å². The number of benzene rings is 2. The molecule has 3 rings (SSSR count). The van der Waals surface area contributed by atoms with Crippen LogP contribution in [-0.4, -0.2) is 12.5 Å². The van der Waals surface area contributed by atoms with Crippen molar-refractivity contribution in [3.63, 3.8) is 0 Å². The van der Waals surface area contributed by atoms with E-state index in [1.54, 1.807) is 0 Å². The monoisotopic (exact) mass is 265 g/mol. The molecule has 1 aliphatic rings. The van der Waals surface area contributed by atoms with E-state index in [2.05, 4.69) is 19.1 Å². The van der Waals surface area contributed by atoms with Crippen LogP contribution in [0.5, 0.6) is 0 Å². The molecule has 102 valence electrons. The number of carbonyl (C=O) groups is 1. The Morgan fingerprint density at radius 2 is 1.55 bits per heavy atom. The Morgan fingerprint density at radius 3 is 2.20 bits per heavy atom. The number of nitrogens with zero attached hydrogens (tertiary/aromatic N) is 1. The molecule has 1 fully saturated rings. The van der Waals surface area contributed by atoms with Gasteiger partial charge in [-0.15, -0.1) is 0 Å². The van der Waals surface area contributed by atoms with Crippen LogP contribution in [0, 0.1) is 0 Å². The van der Waals surface area contributed by atoms with Crippen molar-refractivity contribution in [2.75, 3.05) is 11.4 Å². The molecule has 1 heterocycles. The van der Waals surface area contributed by atoms with Crippen molar-refractivity contribution in [2.45, 2.75) is 25.2 Å². The first-order valence-electron chi connectivity index (χ1n) is 7.14. The maximum Gasteiger partial charge on any atom is 0.237 e. The average Bonchev–Trinajstić information content (AvgIpc) is 2.52. The largest absolute Gasteiger partial charge is 0.312 e. The molecule has 2 nitrogen and oxygen atoms in total. The van der Waals surface area contributed by atoms with Gasteiger partial charge in [-0.1, -0.05) is 48.5 Å². The Hall–Kier alpha value is -2.09. The Balaban J connectivity index is 1.97. The van der Waals surface area contributed by atoms with Gasteiger partial charge in [-0.3, -0.25) is 4.79 Å². The molecule has 0 radical (unpaired) electrons. The van der Waals surface area contributed by atoms with Crippen LogP contribution in [0.1, 0.15) is 25.3 Å². The van der Waals surface area contributed by atoms with E-state index in [1.165, 1.54) is 0 Å². The van der Waals surface area contributed by atoms with E-state index in [4.69, 9.17) is 0 Å². The van der Waals surface area contributed by atoms with Crippen LogP contribution in [0.25, 0.3) is 0 Å². The second kappa shape index (κ2) is 5.12. The van der Waals surface area contributed by atoms with Gasteiger partial charge in [0.25, 0.3) is 0 Å². The molecule has 0 saturated carbocycles. The number of anilines is 1. The molecule has 1 amide bonds. The number of amides is 1. The van der Waals surface area contributed by atoms with Crippen molar-refractivity contribution < 1.29 is 4.79 Å². The highest BCUT2D eigenvalue weighted by Crippen LogP contribution is 2.36. The minimum absolute atomic E-state index is 0.209. The molecule has 1 aliphatic heterocycles. The number of para-hydroxylation sites is 1. The lowest BCUT2D eigenvalue weighted by atomic mass is 9.75. The van der Waals surface area contributed by atoms with Gasteiger partial charge >= 0.3 is 0 Å². The zero-order chi connectivity index (χ0) is 14.0. The van der Waals surface area contributed by atoms with Gasteiger partial charge in [0.2, 0.25) is 5.91 Å². The van der Waals surface area contributed by atoms with Gasteiger partial charge in [0.1, 0.15) is 0 Å². The number of hydrogen-bond acceptors (Lipinski definition) is 1. The van der Waals surface area contributed by atoms with Crippen molar-refractivity contribution >= 4 is 11.6 Å². The van der Waals surface area contributed by atoms with Crippen LogP contribution < -0.4 is 4.90 Å². The lowest BCUT2D eigenvalue weighted by Crippen LogP contribution is -2.50. The molecule has 0 N–H and O–H groups in total. The Labute approximate surface area is 120 Å². The van der Waals surface area contributed by atoms with E-state index in [0.717, 1.165) is 30.6 Å². The van der Waals surface area contributed by atoms with Gasteiger partial charge in [-0.05, 0) is 37.5 Å². The number of carbonyl (C=O) groups excluding carboxylic acids is 1. The molecule has 1 saturated heterocycles. The fraction of sp³-hybridized carbons (Fsp3) is 0.278. The van der Waals surface area contributed by atoms with Crippen LogP contribution in [0.3, 0.4) is 0 Å². The van der Waals surface area contributed by atoms with Gasteiger partial charge in [0.05, 0.1) is 5.41 Å². The predicted octanol–water partition coefficient (Wildman–Crippen LogP) is 3.77. The normalized spacial score (nSPS) is 22.9. The Morgan fingerprint density at radius 1 is 0.950 bits per heavy atom. The van der Waals surface area contributed by atoms with Gasteiger partial charge < -0.3 is 4.90 Å². The minimum atomic E-state index is -0.407. The number of rotatable bonds is 2. The highest BCUT2D eigenvalue weighted by Gasteiger charge is 2.41. The highest BCUT2D eigenvalue weighted by atomic mass is 16.2. The number of piperidine rings is 1. The first-order valence-corrected chi connectivity index (χ1v) is 7.14. The SMILES string of the molecule is CC1(c2ccccc2)CCCN(c2ccccc2)C1=O. The molecule has 0 aromatic heterocycles. The molecule has 2 heteroatoms. The standard InChI is InChI=1S/C18H19NO/c1-18(15-9-4-2-5-10-15)13-8-14-19(17(18)20)16-11-6-3-7-12-16/h2-7,9-12H,8,13-14H2,1H3. The molecule has 1 unspecified atom stereocenters. The average molecular weight is 265 g/mol. The summed E-state index contributed by atoms with van der Waals surface area (Å²) in [7, 11) is 0. The van der Waals surface area contributed by atoms with Crippen molar-refractivity contribution in [1.82, 2.24) is 0 Å². The number of hydrogen-bond donors (Lipinski definition) is 0. The summed E-state index contributed by atoms with van der Waals surface area (Å²) in [5.74, 6) is 0.209. The van der Waals surface area contributed by atoms with Crippen LogP contribution in [0.2, 0.25) is 0 Å². The van der Waals surface area contributed by atoms with E-state index in [1.807, 2.05) is 53.4 Å². The summed E-state index contributed by atoms with van der Waals surface area (Å²) in [6, 6.07) is 20.1. The molecule has 2 aromatic carbocycles. The van der Waals surface area contributed by atoms with Crippen molar-refractivity contribution in [3.8, 4) is 0 Å². The predicted molar refractivity (Wildman–Crippen MR) is 81.8 cm³/mol. The van der Waals surface area contributed by atoms with Gasteiger partial charge in [-0.25, -0.2) is 0 Å². The summed E-state index contributed by atoms with van der Waals surface area (Å²) >= 11 is 0. The lowest BCUT2D eigenvalue weighted by Gasteiger charge is -2.39. The molecule has 0 bridgehead atoms. The fourth-order valence-corrected chi connectivity index (χ4v) is 3.03. The minimum Gasteiger partial charge on any atom is -0.312 e. The first-order chi connectivity index (χ1) is 9.72. The maximum absolute atomic E-state index is 13.0. The third kappa shape index (κ3) is 2.11. The second-order valence-corrected chi connectivity index (χ2v) is 5.59. The van der Waals surface area contributed by atoms with Crippen molar-refractivity contribution in [3.05, 3.63) is 66.2 Å². The summed E-state index contributed by atoms with van der Waals surface area (Å²) in [6.45, 7) is 2.88. The third-order valence-corrected chi connectivity index (χ3v) is 4.25. The zero-order valence-corrected chi connectivity index (χ0v) is 11.8. The molecule has 2 aromatic rings.